The van der Waals surface area contributed by atoms with E-state index < -0.39 is 5.97 Å². The van der Waals surface area contributed by atoms with Crippen LogP contribution in [0.25, 0.3) is 0 Å². The van der Waals surface area contributed by atoms with E-state index in [0.717, 1.165) is 31.1 Å². The molecule has 1 aromatic heterocycles. The van der Waals surface area contributed by atoms with Gasteiger partial charge >= 0.3 is 5.97 Å². The number of rotatable bonds is 7. The maximum atomic E-state index is 11.4. The second-order valence-corrected chi connectivity index (χ2v) is 7.15. The lowest BCUT2D eigenvalue weighted by Gasteiger charge is -2.19. The molecule has 0 saturated carbocycles. The van der Waals surface area contributed by atoms with E-state index in [1.165, 1.54) is 17.8 Å². The molecular formula is C15H26N2O2S. The summed E-state index contributed by atoms with van der Waals surface area (Å²) in [4.78, 5) is 18.7. The largest absolute Gasteiger partial charge is 0.477 e. The molecule has 0 aliphatic carbocycles. The molecule has 114 valence electrons. The first-order valence-electron chi connectivity index (χ1n) is 7.25. The molecule has 5 heteroatoms. The van der Waals surface area contributed by atoms with Gasteiger partial charge in [-0.25, -0.2) is 9.78 Å². The molecule has 0 aliphatic heterocycles. The van der Waals surface area contributed by atoms with Crippen molar-refractivity contribution in [3.8, 4) is 0 Å². The van der Waals surface area contributed by atoms with E-state index in [-0.39, 0.29) is 5.41 Å². The van der Waals surface area contributed by atoms with Gasteiger partial charge in [0.2, 0.25) is 0 Å². The monoisotopic (exact) mass is 298 g/mol. The van der Waals surface area contributed by atoms with Crippen LogP contribution in [0, 0.1) is 0 Å². The summed E-state index contributed by atoms with van der Waals surface area (Å²) in [6.07, 6.45) is 2.33. The normalized spacial score (nSPS) is 12.1. The molecule has 0 radical (unpaired) electrons. The topological polar surface area (TPSA) is 53.4 Å². The van der Waals surface area contributed by atoms with Gasteiger partial charge in [0.15, 0.2) is 0 Å². The second-order valence-electron chi connectivity index (χ2n) is 6.06. The van der Waals surface area contributed by atoms with Crippen molar-refractivity contribution in [1.82, 2.24) is 9.88 Å². The summed E-state index contributed by atoms with van der Waals surface area (Å²) in [7, 11) is 0. The fraction of sp³-hybridized carbons (Fsp3) is 0.733. The van der Waals surface area contributed by atoms with Gasteiger partial charge < -0.3 is 5.11 Å². The summed E-state index contributed by atoms with van der Waals surface area (Å²) < 4.78 is 0. The molecule has 1 N–H and O–H groups in total. The summed E-state index contributed by atoms with van der Waals surface area (Å²) in [5.41, 5.74) is 0.472. The molecule has 4 nitrogen and oxygen atoms in total. The van der Waals surface area contributed by atoms with Crippen molar-refractivity contribution < 1.29 is 9.90 Å². The molecule has 0 fully saturated rings. The number of carboxylic acid groups (broad SMARTS) is 1. The zero-order valence-electron chi connectivity index (χ0n) is 13.2. The van der Waals surface area contributed by atoms with Crippen molar-refractivity contribution in [2.24, 2.45) is 0 Å². The lowest BCUT2D eigenvalue weighted by atomic mass is 9.91. The Labute approximate surface area is 125 Å². The fourth-order valence-corrected chi connectivity index (χ4v) is 3.16. The van der Waals surface area contributed by atoms with E-state index in [4.69, 9.17) is 0 Å². The zero-order chi connectivity index (χ0) is 15.3. The quantitative estimate of drug-likeness (QED) is 0.832. The number of carbonyl (C=O) groups is 1. The lowest BCUT2D eigenvalue weighted by molar-refractivity contribution is 0.0699. The van der Waals surface area contributed by atoms with Crippen LogP contribution in [0.2, 0.25) is 0 Å². The minimum atomic E-state index is -0.865. The summed E-state index contributed by atoms with van der Waals surface area (Å²) in [5, 5.41) is 10.2. The molecule has 0 aliphatic rings. The van der Waals surface area contributed by atoms with Gasteiger partial charge in [-0.2, -0.15) is 0 Å². The molecule has 20 heavy (non-hydrogen) atoms. The van der Waals surface area contributed by atoms with Crippen LogP contribution < -0.4 is 0 Å². The van der Waals surface area contributed by atoms with E-state index in [1.807, 2.05) is 20.8 Å². The molecule has 0 amide bonds. The molecule has 1 aromatic rings. The third-order valence-corrected chi connectivity index (χ3v) is 4.24. The second kappa shape index (κ2) is 7.18. The molecule has 0 bridgehead atoms. The van der Waals surface area contributed by atoms with Gasteiger partial charge in [0, 0.05) is 5.41 Å². The highest BCUT2D eigenvalue weighted by molar-refractivity contribution is 7.13. The SMILES string of the molecule is CCCCN(CC)Cc1nc(C(C)(C)C)c(C(=O)O)s1. The minimum Gasteiger partial charge on any atom is -0.477 e. The standard InChI is InChI=1S/C15H26N2O2S/c1-6-8-9-17(7-2)10-11-16-13(15(3,4)5)12(20-11)14(18)19/h6-10H2,1-5H3,(H,18,19). The minimum absolute atomic E-state index is 0.233. The number of hydrogen-bond acceptors (Lipinski definition) is 4. The van der Waals surface area contributed by atoms with E-state index in [1.54, 1.807) is 0 Å². The number of carboxylic acids is 1. The first-order chi connectivity index (χ1) is 9.29. The molecule has 1 rings (SSSR count). The van der Waals surface area contributed by atoms with Crippen molar-refractivity contribution >= 4 is 17.3 Å². The number of hydrogen-bond donors (Lipinski definition) is 1. The predicted octanol–water partition coefficient (Wildman–Crippen LogP) is 3.76. The zero-order valence-corrected chi connectivity index (χ0v) is 14.0. The van der Waals surface area contributed by atoms with Crippen molar-refractivity contribution in [1.29, 1.82) is 0 Å². The maximum Gasteiger partial charge on any atom is 0.347 e. The maximum absolute atomic E-state index is 11.4. The summed E-state index contributed by atoms with van der Waals surface area (Å²) >= 11 is 1.32. The number of nitrogens with zero attached hydrogens (tertiary/aromatic N) is 2. The number of aromatic nitrogens is 1. The van der Waals surface area contributed by atoms with E-state index in [0.29, 0.717) is 10.6 Å². The van der Waals surface area contributed by atoms with Crippen LogP contribution in [-0.2, 0) is 12.0 Å². The third-order valence-electron chi connectivity index (χ3n) is 3.21. The Balaban J connectivity index is 2.94. The molecule has 1 heterocycles. The molecule has 0 saturated heterocycles. The molecule has 0 unspecified atom stereocenters. The van der Waals surface area contributed by atoms with Crippen LogP contribution >= 0.6 is 11.3 Å². The predicted molar refractivity (Wildman–Crippen MR) is 83.6 cm³/mol. The fourth-order valence-electron chi connectivity index (χ4n) is 2.01. The van der Waals surface area contributed by atoms with Crippen LogP contribution in [0.15, 0.2) is 0 Å². The number of unbranched alkanes of at least 4 members (excludes halogenated alkanes) is 1. The van der Waals surface area contributed by atoms with Gasteiger partial charge in [-0.1, -0.05) is 41.0 Å². The number of thiazole rings is 1. The van der Waals surface area contributed by atoms with Crippen molar-refractivity contribution in [2.45, 2.75) is 59.4 Å². The van der Waals surface area contributed by atoms with Gasteiger partial charge in [0.25, 0.3) is 0 Å². The van der Waals surface area contributed by atoms with E-state index in [9.17, 15) is 9.90 Å². The average Bonchev–Trinajstić information content (AvgIpc) is 2.78. The Morgan fingerprint density at radius 1 is 1.35 bits per heavy atom. The van der Waals surface area contributed by atoms with Crippen molar-refractivity contribution in [3.63, 3.8) is 0 Å². The summed E-state index contributed by atoms with van der Waals surface area (Å²) in [6.45, 7) is 13.1. The van der Waals surface area contributed by atoms with Gasteiger partial charge in [-0.3, -0.25) is 4.90 Å². The van der Waals surface area contributed by atoms with Crippen LogP contribution in [-0.4, -0.2) is 34.0 Å². The molecular weight excluding hydrogens is 272 g/mol. The number of aromatic carboxylic acids is 1. The molecule has 0 atom stereocenters. The van der Waals surface area contributed by atoms with E-state index >= 15 is 0 Å². The highest BCUT2D eigenvalue weighted by atomic mass is 32.1. The van der Waals surface area contributed by atoms with Gasteiger partial charge in [-0.15, -0.1) is 11.3 Å². The van der Waals surface area contributed by atoms with Crippen LogP contribution in [0.4, 0.5) is 0 Å². The molecule has 0 spiro atoms. The first-order valence-corrected chi connectivity index (χ1v) is 8.07. The summed E-state index contributed by atoms with van der Waals surface area (Å²) in [6, 6.07) is 0. The average molecular weight is 298 g/mol. The van der Waals surface area contributed by atoms with Crippen molar-refractivity contribution in [3.05, 3.63) is 15.6 Å². The smallest absolute Gasteiger partial charge is 0.347 e. The Kier molecular flexibility index (Phi) is 6.14. The third kappa shape index (κ3) is 4.56. The Morgan fingerprint density at radius 3 is 2.40 bits per heavy atom. The van der Waals surface area contributed by atoms with Gasteiger partial charge in [-0.05, 0) is 19.5 Å². The van der Waals surface area contributed by atoms with Crippen molar-refractivity contribution in [2.75, 3.05) is 13.1 Å². The Hall–Kier alpha value is -0.940. The van der Waals surface area contributed by atoms with Crippen LogP contribution in [0.5, 0.6) is 0 Å². The van der Waals surface area contributed by atoms with Crippen LogP contribution in [0.3, 0.4) is 0 Å². The Morgan fingerprint density at radius 2 is 2.00 bits per heavy atom. The van der Waals surface area contributed by atoms with Gasteiger partial charge in [0.1, 0.15) is 9.88 Å². The highest BCUT2D eigenvalue weighted by Crippen LogP contribution is 2.30. The highest BCUT2D eigenvalue weighted by Gasteiger charge is 2.27. The van der Waals surface area contributed by atoms with E-state index in [2.05, 4.69) is 23.7 Å². The van der Waals surface area contributed by atoms with Gasteiger partial charge in [0.05, 0.1) is 12.2 Å². The molecule has 0 aromatic carbocycles. The Bertz CT molecular complexity index is 449. The van der Waals surface area contributed by atoms with Crippen LogP contribution in [0.1, 0.15) is 67.8 Å². The summed E-state index contributed by atoms with van der Waals surface area (Å²) in [5.74, 6) is -0.865. The first kappa shape index (κ1) is 17.1. The lowest BCUT2D eigenvalue weighted by Crippen LogP contribution is -2.24.